The lowest BCUT2D eigenvalue weighted by molar-refractivity contribution is -0.104. The van der Waals surface area contributed by atoms with Crippen molar-refractivity contribution in [2.75, 3.05) is 0 Å². The van der Waals surface area contributed by atoms with Crippen molar-refractivity contribution in [3.63, 3.8) is 0 Å². The van der Waals surface area contributed by atoms with Gasteiger partial charge in [-0.05, 0) is 34.1 Å². The van der Waals surface area contributed by atoms with Crippen molar-refractivity contribution in [1.82, 2.24) is 0 Å². The molecule has 0 radical (unpaired) electrons. The number of hydrogen-bond acceptors (Lipinski definition) is 2. The van der Waals surface area contributed by atoms with Crippen molar-refractivity contribution in [3.05, 3.63) is 34.1 Å². The number of carbonyl (C=O) groups is 2. The number of halogens is 2. The van der Waals surface area contributed by atoms with Crippen LogP contribution in [0, 0.1) is 5.82 Å². The molecule has 0 amide bonds. The quantitative estimate of drug-likeness (QED) is 0.443. The predicted molar refractivity (Wildman–Crippen MR) is 44.5 cm³/mol. The van der Waals surface area contributed by atoms with Gasteiger partial charge in [0.05, 0.1) is 0 Å². The first-order valence-electron chi connectivity index (χ1n) is 3.09. The van der Waals surface area contributed by atoms with E-state index in [2.05, 4.69) is 15.9 Å². The molecule has 0 saturated carbocycles. The molecule has 1 aromatic carbocycles. The van der Waals surface area contributed by atoms with Gasteiger partial charge in [-0.15, -0.1) is 0 Å². The molecule has 0 atom stereocenters. The van der Waals surface area contributed by atoms with Crippen LogP contribution in [0.2, 0.25) is 0 Å². The van der Waals surface area contributed by atoms with Gasteiger partial charge in [-0.3, -0.25) is 9.59 Å². The minimum Gasteiger partial charge on any atom is -0.294 e. The molecule has 0 heterocycles. The van der Waals surface area contributed by atoms with Gasteiger partial charge in [-0.25, -0.2) is 4.39 Å². The van der Waals surface area contributed by atoms with Gasteiger partial charge in [-0.1, -0.05) is 0 Å². The van der Waals surface area contributed by atoms with Crippen LogP contribution >= 0.6 is 15.9 Å². The first-order chi connectivity index (χ1) is 5.65. The van der Waals surface area contributed by atoms with Crippen LogP contribution in [0.4, 0.5) is 4.39 Å². The predicted octanol–water partition coefficient (Wildman–Crippen LogP) is 1.97. The highest BCUT2D eigenvalue weighted by Crippen LogP contribution is 2.17. The number of benzene rings is 1. The SMILES string of the molecule is O=CC(=O)c1ccc(F)cc1Br. The fourth-order valence-corrected chi connectivity index (χ4v) is 1.30. The van der Waals surface area contributed by atoms with Gasteiger partial charge in [-0.2, -0.15) is 0 Å². The van der Waals surface area contributed by atoms with Crippen LogP contribution in [0.5, 0.6) is 0 Å². The smallest absolute Gasteiger partial charge is 0.226 e. The number of ketones is 1. The van der Waals surface area contributed by atoms with E-state index in [9.17, 15) is 14.0 Å². The number of Topliss-reactive ketones (excluding diaryl/α,β-unsaturated/α-hetero) is 1. The highest BCUT2D eigenvalue weighted by atomic mass is 79.9. The van der Waals surface area contributed by atoms with Crippen molar-refractivity contribution in [2.24, 2.45) is 0 Å². The topological polar surface area (TPSA) is 34.1 Å². The normalized spacial score (nSPS) is 9.50. The van der Waals surface area contributed by atoms with Gasteiger partial charge in [0.2, 0.25) is 5.78 Å². The lowest BCUT2D eigenvalue weighted by atomic mass is 10.1. The van der Waals surface area contributed by atoms with Crippen molar-refractivity contribution in [3.8, 4) is 0 Å². The summed E-state index contributed by atoms with van der Waals surface area (Å²) in [4.78, 5) is 20.9. The van der Waals surface area contributed by atoms with Crippen LogP contribution in [0.1, 0.15) is 10.4 Å². The zero-order chi connectivity index (χ0) is 9.14. The van der Waals surface area contributed by atoms with E-state index in [4.69, 9.17) is 0 Å². The second-order valence-corrected chi connectivity index (χ2v) is 2.96. The Hall–Kier alpha value is -1.03. The van der Waals surface area contributed by atoms with Crippen LogP contribution in [0.15, 0.2) is 22.7 Å². The number of aldehydes is 1. The highest BCUT2D eigenvalue weighted by Gasteiger charge is 2.08. The van der Waals surface area contributed by atoms with E-state index in [0.717, 1.165) is 12.1 Å². The molecule has 0 spiro atoms. The summed E-state index contributed by atoms with van der Waals surface area (Å²) < 4.78 is 12.8. The molecule has 1 rings (SSSR count). The van der Waals surface area contributed by atoms with Gasteiger partial charge in [0.25, 0.3) is 0 Å². The summed E-state index contributed by atoms with van der Waals surface area (Å²) in [7, 11) is 0. The Morgan fingerprint density at radius 1 is 1.50 bits per heavy atom. The monoisotopic (exact) mass is 230 g/mol. The highest BCUT2D eigenvalue weighted by molar-refractivity contribution is 9.10. The molecular weight excluding hydrogens is 227 g/mol. The molecule has 2 nitrogen and oxygen atoms in total. The zero-order valence-electron chi connectivity index (χ0n) is 5.88. The summed E-state index contributed by atoms with van der Waals surface area (Å²) in [6, 6.07) is 3.52. The summed E-state index contributed by atoms with van der Waals surface area (Å²) >= 11 is 2.97. The Bertz CT molecular complexity index is 336. The maximum atomic E-state index is 12.5. The Labute approximate surface area is 76.5 Å². The fraction of sp³-hybridized carbons (Fsp3) is 0. The largest absolute Gasteiger partial charge is 0.294 e. The summed E-state index contributed by atoms with van der Waals surface area (Å²) in [6.07, 6.45) is 0.192. The van der Waals surface area contributed by atoms with Crippen LogP contribution in [0.25, 0.3) is 0 Å². The molecule has 0 bridgehead atoms. The average molecular weight is 231 g/mol. The Morgan fingerprint density at radius 3 is 2.67 bits per heavy atom. The zero-order valence-corrected chi connectivity index (χ0v) is 7.47. The molecule has 0 aromatic heterocycles. The van der Waals surface area contributed by atoms with E-state index in [1.54, 1.807) is 0 Å². The number of carbonyl (C=O) groups excluding carboxylic acids is 2. The molecule has 0 aliphatic heterocycles. The van der Waals surface area contributed by atoms with Gasteiger partial charge >= 0.3 is 0 Å². The summed E-state index contributed by atoms with van der Waals surface area (Å²) in [5, 5.41) is 0. The molecule has 0 N–H and O–H groups in total. The second kappa shape index (κ2) is 3.58. The first-order valence-corrected chi connectivity index (χ1v) is 3.89. The van der Waals surface area contributed by atoms with Crippen LogP contribution in [-0.4, -0.2) is 12.1 Å². The van der Waals surface area contributed by atoms with Crippen molar-refractivity contribution >= 4 is 28.0 Å². The van der Waals surface area contributed by atoms with Crippen molar-refractivity contribution < 1.29 is 14.0 Å². The van der Waals surface area contributed by atoms with Crippen molar-refractivity contribution in [1.29, 1.82) is 0 Å². The Balaban J connectivity index is 3.18. The molecule has 0 saturated heterocycles. The van der Waals surface area contributed by atoms with Gasteiger partial charge in [0.15, 0.2) is 6.29 Å². The molecule has 4 heteroatoms. The van der Waals surface area contributed by atoms with E-state index >= 15 is 0 Å². The molecule has 0 aliphatic rings. The standard InChI is InChI=1S/C8H4BrFO2/c9-7-3-5(10)1-2-6(7)8(12)4-11/h1-4H. The van der Waals surface area contributed by atoms with Crippen LogP contribution in [0.3, 0.4) is 0 Å². The number of rotatable bonds is 2. The average Bonchev–Trinajstić information content (AvgIpc) is 2.03. The van der Waals surface area contributed by atoms with Crippen LogP contribution < -0.4 is 0 Å². The van der Waals surface area contributed by atoms with Gasteiger partial charge in [0, 0.05) is 10.0 Å². The number of hydrogen-bond donors (Lipinski definition) is 0. The molecule has 0 unspecified atom stereocenters. The fourth-order valence-electron chi connectivity index (χ4n) is 0.753. The molecule has 0 fully saturated rings. The van der Waals surface area contributed by atoms with E-state index < -0.39 is 11.6 Å². The first kappa shape index (κ1) is 9.06. The minimum atomic E-state index is -0.665. The molecule has 1 aromatic rings. The van der Waals surface area contributed by atoms with E-state index in [1.807, 2.05) is 0 Å². The van der Waals surface area contributed by atoms with Gasteiger partial charge < -0.3 is 0 Å². The third-order valence-corrected chi connectivity index (χ3v) is 1.96. The lowest BCUT2D eigenvalue weighted by Gasteiger charge is -1.97. The van der Waals surface area contributed by atoms with Crippen LogP contribution in [-0.2, 0) is 4.79 Å². The van der Waals surface area contributed by atoms with Gasteiger partial charge in [0.1, 0.15) is 5.82 Å². The maximum Gasteiger partial charge on any atom is 0.226 e. The summed E-state index contributed by atoms with van der Waals surface area (Å²) in [5.41, 5.74) is 0.173. The molecule has 0 aliphatic carbocycles. The van der Waals surface area contributed by atoms with Crippen molar-refractivity contribution in [2.45, 2.75) is 0 Å². The third kappa shape index (κ3) is 1.76. The summed E-state index contributed by atoms with van der Waals surface area (Å²) in [6.45, 7) is 0. The Kier molecular flexibility index (Phi) is 2.70. The third-order valence-electron chi connectivity index (χ3n) is 1.30. The van der Waals surface area contributed by atoms with E-state index in [0.29, 0.717) is 4.47 Å². The minimum absolute atomic E-state index is 0.173. The summed E-state index contributed by atoms with van der Waals surface area (Å²) in [5.74, 6) is -1.12. The van der Waals surface area contributed by atoms with E-state index in [1.165, 1.54) is 6.07 Å². The maximum absolute atomic E-state index is 12.5. The molecule has 62 valence electrons. The lowest BCUT2D eigenvalue weighted by Crippen LogP contribution is -2.00. The van der Waals surface area contributed by atoms with E-state index in [-0.39, 0.29) is 11.8 Å². The molecule has 12 heavy (non-hydrogen) atoms. The Morgan fingerprint density at radius 2 is 2.17 bits per heavy atom. The molecular formula is C8H4BrFO2. The second-order valence-electron chi connectivity index (χ2n) is 2.11.